The maximum Gasteiger partial charge on any atom is 0.273 e. The van der Waals surface area contributed by atoms with Crippen LogP contribution in [0.1, 0.15) is 21.7 Å². The summed E-state index contributed by atoms with van der Waals surface area (Å²) in [5, 5.41) is 2.58. The van der Waals surface area contributed by atoms with E-state index in [2.05, 4.69) is 19.0 Å². The molecule has 0 saturated carbocycles. The molecule has 0 bridgehead atoms. The molecule has 1 N–H and O–H groups in total. The number of rotatable bonds is 3. The van der Waals surface area contributed by atoms with Gasteiger partial charge in [-0.2, -0.15) is 8.75 Å². The molecule has 2 heterocycles. The van der Waals surface area contributed by atoms with Crippen molar-refractivity contribution >= 4 is 17.6 Å². The van der Waals surface area contributed by atoms with Crippen molar-refractivity contribution in [1.82, 2.24) is 19.0 Å². The number of aromatic nitrogens is 3. The zero-order valence-corrected chi connectivity index (χ0v) is 9.79. The van der Waals surface area contributed by atoms with E-state index in [-0.39, 0.29) is 18.1 Å². The molecule has 17 heavy (non-hydrogen) atoms. The number of carbonyl (C=O) groups is 1. The predicted molar refractivity (Wildman–Crippen MR) is 60.0 cm³/mol. The normalized spacial score (nSPS) is 10.2. The Morgan fingerprint density at radius 1 is 1.53 bits per heavy atom. The summed E-state index contributed by atoms with van der Waals surface area (Å²) in [5.74, 6) is -0.798. The minimum Gasteiger partial charge on any atom is -0.346 e. The molecule has 2 rings (SSSR count). The second kappa shape index (κ2) is 4.96. The third kappa shape index (κ3) is 2.62. The van der Waals surface area contributed by atoms with Gasteiger partial charge in [-0.1, -0.05) is 0 Å². The van der Waals surface area contributed by atoms with Crippen LogP contribution in [0.3, 0.4) is 0 Å². The van der Waals surface area contributed by atoms with Crippen LogP contribution in [0.5, 0.6) is 0 Å². The van der Waals surface area contributed by atoms with Gasteiger partial charge >= 0.3 is 0 Å². The summed E-state index contributed by atoms with van der Waals surface area (Å²) in [4.78, 5) is 15.3. The number of carbonyl (C=O) groups excluding carboxylic acids is 1. The first-order valence-corrected chi connectivity index (χ1v) is 5.57. The predicted octanol–water partition coefficient (Wildman–Crippen LogP) is 1.31. The van der Waals surface area contributed by atoms with Crippen molar-refractivity contribution in [1.29, 1.82) is 0 Å². The minimum absolute atomic E-state index is 0.101. The monoisotopic (exact) mass is 252 g/mol. The Hall–Kier alpha value is -1.89. The molecular weight excluding hydrogens is 243 g/mol. The summed E-state index contributed by atoms with van der Waals surface area (Å²) in [5.41, 5.74) is 1.24. The molecule has 0 atom stereocenters. The highest BCUT2D eigenvalue weighted by Crippen LogP contribution is 2.06. The van der Waals surface area contributed by atoms with Gasteiger partial charge in [-0.3, -0.25) is 9.78 Å². The maximum absolute atomic E-state index is 13.2. The molecule has 5 nitrogen and oxygen atoms in total. The molecule has 88 valence electrons. The highest BCUT2D eigenvalue weighted by Gasteiger charge is 2.13. The quantitative estimate of drug-likeness (QED) is 0.894. The molecule has 0 saturated heterocycles. The Bertz CT molecular complexity index is 543. The molecule has 0 aliphatic carbocycles. The van der Waals surface area contributed by atoms with Crippen LogP contribution < -0.4 is 5.32 Å². The first kappa shape index (κ1) is 11.6. The van der Waals surface area contributed by atoms with Gasteiger partial charge in [-0.25, -0.2) is 4.39 Å². The molecule has 1 amide bonds. The number of pyridine rings is 1. The number of halogens is 1. The third-order valence-corrected chi connectivity index (χ3v) is 2.78. The number of nitrogens with one attached hydrogen (secondary N) is 1. The number of nitrogens with zero attached hydrogens (tertiary/aromatic N) is 3. The smallest absolute Gasteiger partial charge is 0.273 e. The van der Waals surface area contributed by atoms with Crippen molar-refractivity contribution in [2.45, 2.75) is 13.5 Å². The topological polar surface area (TPSA) is 67.8 Å². The number of aryl methyl sites for hydroxylation is 1. The molecule has 0 unspecified atom stereocenters. The Labute approximate surface area is 101 Å². The first-order valence-electron chi connectivity index (χ1n) is 4.84. The van der Waals surface area contributed by atoms with E-state index in [1.165, 1.54) is 12.3 Å². The van der Waals surface area contributed by atoms with Crippen LogP contribution >= 0.6 is 11.7 Å². The lowest BCUT2D eigenvalue weighted by Gasteiger charge is -2.04. The van der Waals surface area contributed by atoms with Gasteiger partial charge in [0, 0.05) is 18.3 Å². The molecule has 7 heteroatoms. The van der Waals surface area contributed by atoms with Gasteiger partial charge in [0.1, 0.15) is 5.82 Å². The number of hydrogen-bond acceptors (Lipinski definition) is 5. The van der Waals surface area contributed by atoms with Gasteiger partial charge in [-0.05, 0) is 13.0 Å². The second-order valence-corrected chi connectivity index (χ2v) is 3.88. The van der Waals surface area contributed by atoms with E-state index in [0.29, 0.717) is 11.3 Å². The Morgan fingerprint density at radius 2 is 2.35 bits per heavy atom. The average Bonchev–Trinajstić information content (AvgIpc) is 2.74. The van der Waals surface area contributed by atoms with Crippen molar-refractivity contribution in [2.75, 3.05) is 0 Å². The maximum atomic E-state index is 13.2. The lowest BCUT2D eigenvalue weighted by Crippen LogP contribution is -2.24. The van der Waals surface area contributed by atoms with Crippen LogP contribution in [0.15, 0.2) is 18.5 Å². The average molecular weight is 252 g/mol. The summed E-state index contributed by atoms with van der Waals surface area (Å²) in [6.07, 6.45) is 2.58. The molecule has 0 aliphatic rings. The van der Waals surface area contributed by atoms with Crippen LogP contribution in [0, 0.1) is 12.7 Å². The molecule has 0 fully saturated rings. The molecule has 0 radical (unpaired) electrons. The second-order valence-electron chi connectivity index (χ2n) is 3.35. The summed E-state index contributed by atoms with van der Waals surface area (Å²) >= 11 is 0.974. The van der Waals surface area contributed by atoms with E-state index in [0.717, 1.165) is 17.9 Å². The highest BCUT2D eigenvalue weighted by molar-refractivity contribution is 6.99. The zero-order valence-electron chi connectivity index (χ0n) is 8.98. The molecule has 0 spiro atoms. The molecular formula is C10H9FN4OS. The lowest BCUT2D eigenvalue weighted by molar-refractivity contribution is 0.0946. The van der Waals surface area contributed by atoms with Crippen LogP contribution in [0.25, 0.3) is 0 Å². The minimum atomic E-state index is -0.444. The van der Waals surface area contributed by atoms with Gasteiger partial charge in [0.15, 0.2) is 5.69 Å². The lowest BCUT2D eigenvalue weighted by atomic mass is 10.2. The van der Waals surface area contributed by atoms with Crippen LogP contribution in [0.2, 0.25) is 0 Å². The van der Waals surface area contributed by atoms with E-state index < -0.39 is 5.82 Å². The fraction of sp³-hybridized carbons (Fsp3) is 0.200. The van der Waals surface area contributed by atoms with Crippen molar-refractivity contribution in [2.24, 2.45) is 0 Å². The third-order valence-electron chi connectivity index (χ3n) is 2.16. The molecule has 2 aromatic heterocycles. The van der Waals surface area contributed by atoms with Gasteiger partial charge in [0.05, 0.1) is 23.6 Å². The number of amides is 1. The van der Waals surface area contributed by atoms with Crippen LogP contribution in [-0.4, -0.2) is 19.6 Å². The summed E-state index contributed by atoms with van der Waals surface area (Å²) in [7, 11) is 0. The van der Waals surface area contributed by atoms with E-state index in [4.69, 9.17) is 0 Å². The van der Waals surface area contributed by atoms with Crippen LogP contribution in [-0.2, 0) is 6.54 Å². The van der Waals surface area contributed by atoms with Crippen molar-refractivity contribution < 1.29 is 9.18 Å². The fourth-order valence-corrected chi connectivity index (χ4v) is 1.79. The van der Waals surface area contributed by atoms with E-state index >= 15 is 0 Å². The van der Waals surface area contributed by atoms with E-state index in [9.17, 15) is 9.18 Å². The van der Waals surface area contributed by atoms with Gasteiger partial charge in [-0.15, -0.1) is 0 Å². The van der Waals surface area contributed by atoms with Crippen molar-refractivity contribution in [3.8, 4) is 0 Å². The Morgan fingerprint density at radius 3 is 3.00 bits per heavy atom. The molecule has 2 aromatic rings. The molecule has 0 aliphatic heterocycles. The SMILES string of the molecule is Cc1nsnc1C(=O)NCc1ccncc1F. The largest absolute Gasteiger partial charge is 0.346 e. The first-order chi connectivity index (χ1) is 8.18. The van der Waals surface area contributed by atoms with E-state index in [1.807, 2.05) is 0 Å². The van der Waals surface area contributed by atoms with Gasteiger partial charge < -0.3 is 5.32 Å². The van der Waals surface area contributed by atoms with Crippen LogP contribution in [0.4, 0.5) is 4.39 Å². The van der Waals surface area contributed by atoms with E-state index in [1.54, 1.807) is 6.92 Å². The summed E-state index contributed by atoms with van der Waals surface area (Å²) in [6.45, 7) is 1.80. The highest BCUT2D eigenvalue weighted by atomic mass is 32.1. The Balaban J connectivity index is 2.02. The summed E-state index contributed by atoms with van der Waals surface area (Å²) in [6, 6.07) is 1.52. The Kier molecular flexibility index (Phi) is 3.38. The zero-order chi connectivity index (χ0) is 12.3. The summed E-state index contributed by atoms with van der Waals surface area (Å²) < 4.78 is 21.0. The number of hydrogen-bond donors (Lipinski definition) is 1. The van der Waals surface area contributed by atoms with Crippen molar-refractivity contribution in [3.63, 3.8) is 0 Å². The van der Waals surface area contributed by atoms with Gasteiger partial charge in [0.25, 0.3) is 5.91 Å². The van der Waals surface area contributed by atoms with Crippen molar-refractivity contribution in [3.05, 3.63) is 41.2 Å². The standard InChI is InChI=1S/C10H9FN4OS/c1-6-9(15-17-14-6)10(16)13-4-7-2-3-12-5-8(7)11/h2-3,5H,4H2,1H3,(H,13,16). The van der Waals surface area contributed by atoms with Gasteiger partial charge in [0.2, 0.25) is 0 Å². The fourth-order valence-electron chi connectivity index (χ4n) is 1.24. The molecule has 0 aromatic carbocycles.